The van der Waals surface area contributed by atoms with E-state index in [1.165, 1.54) is 5.56 Å². The lowest BCUT2D eigenvalue weighted by Gasteiger charge is -2.22. The zero-order valence-corrected chi connectivity index (χ0v) is 13.6. The number of hydrogen-bond acceptors (Lipinski definition) is 2. The number of carbonyl (C=O) groups excluding carboxylic acids is 1. The molecule has 1 rings (SSSR count). The normalized spacial score (nSPS) is 13.6. The van der Waals surface area contributed by atoms with Gasteiger partial charge in [-0.3, -0.25) is 4.79 Å². The molecule has 20 heavy (non-hydrogen) atoms. The van der Waals surface area contributed by atoms with E-state index in [9.17, 15) is 4.79 Å². The van der Waals surface area contributed by atoms with E-state index in [-0.39, 0.29) is 17.2 Å². The Kier molecular flexibility index (Phi) is 5.94. The van der Waals surface area contributed by atoms with Crippen LogP contribution in [0.3, 0.4) is 0 Å². The van der Waals surface area contributed by atoms with Crippen LogP contribution < -0.4 is 5.73 Å². The molecule has 0 spiro atoms. The molecule has 0 heterocycles. The van der Waals surface area contributed by atoms with Gasteiger partial charge in [-0.1, -0.05) is 52.8 Å². The van der Waals surface area contributed by atoms with Crippen LogP contribution in [-0.4, -0.2) is 11.8 Å². The predicted octanol–water partition coefficient (Wildman–Crippen LogP) is 4.22. The van der Waals surface area contributed by atoms with E-state index in [4.69, 9.17) is 5.73 Å². The van der Waals surface area contributed by atoms with Gasteiger partial charge in [-0.25, -0.2) is 0 Å². The van der Waals surface area contributed by atoms with Crippen LogP contribution in [0.25, 0.3) is 0 Å². The van der Waals surface area contributed by atoms with Crippen LogP contribution in [-0.2, 0) is 6.42 Å². The van der Waals surface area contributed by atoms with E-state index < -0.39 is 0 Å². The van der Waals surface area contributed by atoms with Gasteiger partial charge in [-0.15, -0.1) is 0 Å². The standard InChI is InChI=1S/C18H29NO/c1-13(2)9-14-7-6-8-15(10-14)17(20)11-16(19)12-18(3,4)5/h6-8,10,13,16H,9,11-12,19H2,1-5H3. The highest BCUT2D eigenvalue weighted by Gasteiger charge is 2.19. The minimum absolute atomic E-state index is 0.0590. The molecule has 2 N–H and O–H groups in total. The van der Waals surface area contributed by atoms with Crippen molar-refractivity contribution in [2.24, 2.45) is 17.1 Å². The molecule has 0 fully saturated rings. The first-order chi connectivity index (χ1) is 9.17. The monoisotopic (exact) mass is 275 g/mol. The molecule has 0 radical (unpaired) electrons. The number of hydrogen-bond donors (Lipinski definition) is 1. The van der Waals surface area contributed by atoms with E-state index >= 15 is 0 Å². The average molecular weight is 275 g/mol. The largest absolute Gasteiger partial charge is 0.327 e. The molecule has 112 valence electrons. The SMILES string of the molecule is CC(C)Cc1cccc(C(=O)CC(N)CC(C)(C)C)c1. The van der Waals surface area contributed by atoms with Gasteiger partial charge in [-0.05, 0) is 35.8 Å². The van der Waals surface area contributed by atoms with Crippen LogP contribution in [0, 0.1) is 11.3 Å². The van der Waals surface area contributed by atoms with Gasteiger partial charge in [-0.2, -0.15) is 0 Å². The molecule has 0 saturated heterocycles. The third-order valence-electron chi connectivity index (χ3n) is 3.22. The minimum Gasteiger partial charge on any atom is -0.327 e. The van der Waals surface area contributed by atoms with Crippen molar-refractivity contribution in [1.82, 2.24) is 0 Å². The van der Waals surface area contributed by atoms with Crippen molar-refractivity contribution < 1.29 is 4.79 Å². The Morgan fingerprint density at radius 2 is 1.90 bits per heavy atom. The van der Waals surface area contributed by atoms with Crippen molar-refractivity contribution in [1.29, 1.82) is 0 Å². The summed E-state index contributed by atoms with van der Waals surface area (Å²) in [5.41, 5.74) is 8.29. The van der Waals surface area contributed by atoms with Crippen molar-refractivity contribution in [2.45, 2.75) is 59.9 Å². The van der Waals surface area contributed by atoms with E-state index in [2.05, 4.69) is 40.7 Å². The molecule has 2 nitrogen and oxygen atoms in total. The molecule has 0 aliphatic carbocycles. The molecule has 0 aliphatic heterocycles. The van der Waals surface area contributed by atoms with Crippen LogP contribution in [0.15, 0.2) is 24.3 Å². The second kappa shape index (κ2) is 7.03. The Hall–Kier alpha value is -1.15. The third kappa shape index (κ3) is 6.33. The summed E-state index contributed by atoms with van der Waals surface area (Å²) in [4.78, 5) is 12.3. The molecule has 0 saturated carbocycles. The highest BCUT2D eigenvalue weighted by atomic mass is 16.1. The summed E-state index contributed by atoms with van der Waals surface area (Å²) in [6.45, 7) is 10.8. The Morgan fingerprint density at radius 1 is 1.25 bits per heavy atom. The van der Waals surface area contributed by atoms with Gasteiger partial charge in [0.25, 0.3) is 0 Å². The molecular weight excluding hydrogens is 246 g/mol. The third-order valence-corrected chi connectivity index (χ3v) is 3.22. The van der Waals surface area contributed by atoms with Crippen molar-refractivity contribution in [2.75, 3.05) is 0 Å². The highest BCUT2D eigenvalue weighted by molar-refractivity contribution is 5.96. The van der Waals surface area contributed by atoms with Gasteiger partial charge in [0.2, 0.25) is 0 Å². The number of ketones is 1. The molecule has 0 amide bonds. The molecule has 1 aromatic rings. The maximum Gasteiger partial charge on any atom is 0.164 e. The van der Waals surface area contributed by atoms with Gasteiger partial charge in [0, 0.05) is 18.0 Å². The number of carbonyl (C=O) groups is 1. The van der Waals surface area contributed by atoms with Crippen molar-refractivity contribution >= 4 is 5.78 Å². The molecule has 1 unspecified atom stereocenters. The summed E-state index contributed by atoms with van der Waals surface area (Å²) in [6.07, 6.45) is 2.31. The number of nitrogens with two attached hydrogens (primary N) is 1. The van der Waals surface area contributed by atoms with E-state index in [0.29, 0.717) is 12.3 Å². The molecule has 1 aromatic carbocycles. The first-order valence-corrected chi connectivity index (χ1v) is 7.55. The molecule has 2 heteroatoms. The second-order valence-corrected chi connectivity index (χ2v) is 7.45. The smallest absolute Gasteiger partial charge is 0.164 e. The molecule has 0 aromatic heterocycles. The van der Waals surface area contributed by atoms with E-state index in [0.717, 1.165) is 18.4 Å². The Morgan fingerprint density at radius 3 is 2.45 bits per heavy atom. The van der Waals surface area contributed by atoms with Crippen LogP contribution in [0.4, 0.5) is 0 Å². The minimum atomic E-state index is -0.0590. The van der Waals surface area contributed by atoms with Gasteiger partial charge in [0.1, 0.15) is 0 Å². The lowest BCUT2D eigenvalue weighted by molar-refractivity contribution is 0.0968. The lowest BCUT2D eigenvalue weighted by Crippen LogP contribution is -2.29. The van der Waals surface area contributed by atoms with Crippen molar-refractivity contribution in [3.8, 4) is 0 Å². The van der Waals surface area contributed by atoms with Crippen LogP contribution in [0.5, 0.6) is 0 Å². The zero-order chi connectivity index (χ0) is 15.3. The quantitative estimate of drug-likeness (QED) is 0.790. The molecule has 0 bridgehead atoms. The van der Waals surface area contributed by atoms with Gasteiger partial charge >= 0.3 is 0 Å². The van der Waals surface area contributed by atoms with E-state index in [1.807, 2.05) is 18.2 Å². The fourth-order valence-electron chi connectivity index (χ4n) is 2.56. The topological polar surface area (TPSA) is 43.1 Å². The van der Waals surface area contributed by atoms with Crippen molar-refractivity contribution in [3.05, 3.63) is 35.4 Å². The fourth-order valence-corrected chi connectivity index (χ4v) is 2.56. The first kappa shape index (κ1) is 16.9. The average Bonchev–Trinajstić information content (AvgIpc) is 2.25. The van der Waals surface area contributed by atoms with Gasteiger partial charge in [0.05, 0.1) is 0 Å². The van der Waals surface area contributed by atoms with Crippen molar-refractivity contribution in [3.63, 3.8) is 0 Å². The number of benzene rings is 1. The first-order valence-electron chi connectivity index (χ1n) is 7.55. The summed E-state index contributed by atoms with van der Waals surface area (Å²) in [7, 11) is 0. The van der Waals surface area contributed by atoms with Gasteiger partial charge in [0.15, 0.2) is 5.78 Å². The maximum atomic E-state index is 12.3. The molecular formula is C18H29NO. The van der Waals surface area contributed by atoms with Crippen LogP contribution >= 0.6 is 0 Å². The fraction of sp³-hybridized carbons (Fsp3) is 0.611. The Bertz CT molecular complexity index is 443. The second-order valence-electron chi connectivity index (χ2n) is 7.45. The lowest BCUT2D eigenvalue weighted by atomic mass is 9.86. The van der Waals surface area contributed by atoms with Crippen LogP contribution in [0.2, 0.25) is 0 Å². The Labute approximate surface area is 123 Å². The number of rotatable bonds is 6. The Balaban J connectivity index is 2.68. The summed E-state index contributed by atoms with van der Waals surface area (Å²) < 4.78 is 0. The summed E-state index contributed by atoms with van der Waals surface area (Å²) in [5, 5.41) is 0. The van der Waals surface area contributed by atoms with Crippen LogP contribution in [0.1, 0.15) is 63.4 Å². The predicted molar refractivity (Wildman–Crippen MR) is 86.0 cm³/mol. The highest BCUT2D eigenvalue weighted by Crippen LogP contribution is 2.22. The van der Waals surface area contributed by atoms with E-state index in [1.54, 1.807) is 0 Å². The maximum absolute atomic E-state index is 12.3. The summed E-state index contributed by atoms with van der Waals surface area (Å²) in [6, 6.07) is 7.92. The van der Waals surface area contributed by atoms with Gasteiger partial charge < -0.3 is 5.73 Å². The molecule has 0 aliphatic rings. The number of Topliss-reactive ketones (excluding diaryl/α,β-unsaturated/α-hetero) is 1. The summed E-state index contributed by atoms with van der Waals surface area (Å²) in [5.74, 6) is 0.760. The zero-order valence-electron chi connectivity index (χ0n) is 13.6. The summed E-state index contributed by atoms with van der Waals surface area (Å²) >= 11 is 0. The molecule has 1 atom stereocenters.